The summed E-state index contributed by atoms with van der Waals surface area (Å²) in [5, 5.41) is 2.99. The number of hydrogen-bond donors (Lipinski definition) is 1. The van der Waals surface area contributed by atoms with Crippen LogP contribution in [0, 0.1) is 0 Å². The molecule has 7 nitrogen and oxygen atoms in total. The Labute approximate surface area is 161 Å². The van der Waals surface area contributed by atoms with Crippen LogP contribution in [0.5, 0.6) is 0 Å². The highest BCUT2D eigenvalue weighted by Gasteiger charge is 2.21. The van der Waals surface area contributed by atoms with Gasteiger partial charge in [0.15, 0.2) is 0 Å². The SMILES string of the molecule is CCOC(=O)c1ccc(N(CCC(=O)NC2CCCCC2)S(C)(=O)=O)cc1. The first-order valence-corrected chi connectivity index (χ1v) is 11.2. The van der Waals surface area contributed by atoms with Gasteiger partial charge in [-0.25, -0.2) is 13.2 Å². The number of hydrogen-bond acceptors (Lipinski definition) is 5. The highest BCUT2D eigenvalue weighted by molar-refractivity contribution is 7.92. The Morgan fingerprint density at radius 3 is 2.33 bits per heavy atom. The van der Waals surface area contributed by atoms with Crippen molar-refractivity contribution >= 4 is 27.6 Å². The highest BCUT2D eigenvalue weighted by atomic mass is 32.2. The zero-order valence-corrected chi connectivity index (χ0v) is 16.8. The van der Waals surface area contributed by atoms with Crippen molar-refractivity contribution in [1.29, 1.82) is 0 Å². The van der Waals surface area contributed by atoms with E-state index >= 15 is 0 Å². The van der Waals surface area contributed by atoms with Crippen LogP contribution >= 0.6 is 0 Å². The Morgan fingerprint density at radius 2 is 1.78 bits per heavy atom. The van der Waals surface area contributed by atoms with Gasteiger partial charge >= 0.3 is 5.97 Å². The molecular formula is C19H28N2O5S. The van der Waals surface area contributed by atoms with Crippen LogP contribution in [0.2, 0.25) is 0 Å². The molecule has 8 heteroatoms. The zero-order chi connectivity index (χ0) is 19.9. The average molecular weight is 397 g/mol. The van der Waals surface area contributed by atoms with Gasteiger partial charge in [0.05, 0.1) is 24.1 Å². The van der Waals surface area contributed by atoms with Gasteiger partial charge < -0.3 is 10.1 Å². The van der Waals surface area contributed by atoms with E-state index in [1.807, 2.05) is 0 Å². The molecule has 0 radical (unpaired) electrons. The van der Waals surface area contributed by atoms with Crippen LogP contribution in [0.15, 0.2) is 24.3 Å². The highest BCUT2D eigenvalue weighted by Crippen LogP contribution is 2.20. The number of sulfonamides is 1. The van der Waals surface area contributed by atoms with Gasteiger partial charge in [0.25, 0.3) is 0 Å². The minimum atomic E-state index is -3.55. The maximum atomic E-state index is 12.2. The largest absolute Gasteiger partial charge is 0.462 e. The van der Waals surface area contributed by atoms with Gasteiger partial charge in [-0.15, -0.1) is 0 Å². The van der Waals surface area contributed by atoms with Crippen LogP contribution in [-0.4, -0.2) is 45.7 Å². The Balaban J connectivity index is 2.00. The molecule has 0 unspecified atom stereocenters. The Kier molecular flexibility index (Phi) is 7.65. The molecule has 1 amide bonds. The summed E-state index contributed by atoms with van der Waals surface area (Å²) in [6, 6.07) is 6.33. The van der Waals surface area contributed by atoms with Crippen LogP contribution < -0.4 is 9.62 Å². The zero-order valence-electron chi connectivity index (χ0n) is 15.9. The summed E-state index contributed by atoms with van der Waals surface area (Å²) in [4.78, 5) is 23.9. The molecule has 1 saturated carbocycles. The van der Waals surface area contributed by atoms with Crippen molar-refractivity contribution < 1.29 is 22.7 Å². The Morgan fingerprint density at radius 1 is 1.15 bits per heavy atom. The predicted molar refractivity (Wildman–Crippen MR) is 104 cm³/mol. The molecule has 1 N–H and O–H groups in total. The van der Waals surface area contributed by atoms with Crippen LogP contribution in [-0.2, 0) is 19.6 Å². The Bertz CT molecular complexity index is 740. The summed E-state index contributed by atoms with van der Waals surface area (Å²) >= 11 is 0. The van der Waals surface area contributed by atoms with Crippen molar-refractivity contribution in [3.8, 4) is 0 Å². The van der Waals surface area contributed by atoms with Gasteiger partial charge in [-0.2, -0.15) is 0 Å². The molecule has 0 spiro atoms. The predicted octanol–water partition coefficient (Wildman–Crippen LogP) is 2.47. The van der Waals surface area contributed by atoms with Crippen molar-refractivity contribution in [3.05, 3.63) is 29.8 Å². The van der Waals surface area contributed by atoms with Gasteiger partial charge in [-0.1, -0.05) is 19.3 Å². The molecule has 1 aliphatic rings. The second kappa shape index (κ2) is 9.73. The maximum absolute atomic E-state index is 12.2. The molecule has 0 aliphatic heterocycles. The first-order valence-electron chi connectivity index (χ1n) is 9.35. The smallest absolute Gasteiger partial charge is 0.338 e. The molecule has 2 rings (SSSR count). The van der Waals surface area contributed by atoms with Gasteiger partial charge in [0.2, 0.25) is 15.9 Å². The first kappa shape index (κ1) is 21.2. The van der Waals surface area contributed by atoms with E-state index in [1.54, 1.807) is 19.1 Å². The van der Waals surface area contributed by atoms with E-state index in [0.29, 0.717) is 11.3 Å². The van der Waals surface area contributed by atoms with Crippen LogP contribution in [0.4, 0.5) is 5.69 Å². The molecule has 150 valence electrons. The second-order valence-electron chi connectivity index (χ2n) is 6.75. The van der Waals surface area contributed by atoms with Crippen molar-refractivity contribution in [3.63, 3.8) is 0 Å². The molecule has 1 aliphatic carbocycles. The van der Waals surface area contributed by atoms with Crippen molar-refractivity contribution in [2.24, 2.45) is 0 Å². The van der Waals surface area contributed by atoms with E-state index in [0.717, 1.165) is 31.9 Å². The fourth-order valence-electron chi connectivity index (χ4n) is 3.21. The number of ether oxygens (including phenoxy) is 1. The van der Waals surface area contributed by atoms with Gasteiger partial charge in [0.1, 0.15) is 0 Å². The van der Waals surface area contributed by atoms with Gasteiger partial charge in [-0.05, 0) is 44.0 Å². The topological polar surface area (TPSA) is 92.8 Å². The monoisotopic (exact) mass is 396 g/mol. The molecule has 1 aromatic carbocycles. The molecule has 0 atom stereocenters. The minimum Gasteiger partial charge on any atom is -0.462 e. The number of carbonyl (C=O) groups is 2. The molecule has 1 aromatic rings. The number of rotatable bonds is 8. The lowest BCUT2D eigenvalue weighted by Crippen LogP contribution is -2.39. The van der Waals surface area contributed by atoms with Crippen molar-refractivity contribution in [1.82, 2.24) is 5.32 Å². The average Bonchev–Trinajstić information content (AvgIpc) is 2.62. The number of amides is 1. The fraction of sp³-hybridized carbons (Fsp3) is 0.579. The van der Waals surface area contributed by atoms with Gasteiger partial charge in [0, 0.05) is 19.0 Å². The molecule has 0 saturated heterocycles. The lowest BCUT2D eigenvalue weighted by atomic mass is 9.95. The third kappa shape index (κ3) is 6.53. The lowest BCUT2D eigenvalue weighted by Gasteiger charge is -2.25. The van der Waals surface area contributed by atoms with Crippen molar-refractivity contribution in [2.45, 2.75) is 51.5 Å². The molecule has 0 bridgehead atoms. The van der Waals surface area contributed by atoms with E-state index in [9.17, 15) is 18.0 Å². The third-order valence-corrected chi connectivity index (χ3v) is 5.77. The Hall–Kier alpha value is -2.09. The number of nitrogens with zero attached hydrogens (tertiary/aromatic N) is 1. The molecule has 0 heterocycles. The van der Waals surface area contributed by atoms with Crippen LogP contribution in [0.1, 0.15) is 55.8 Å². The summed E-state index contributed by atoms with van der Waals surface area (Å²) in [6.45, 7) is 2.04. The summed E-state index contributed by atoms with van der Waals surface area (Å²) in [5.74, 6) is -0.597. The summed E-state index contributed by atoms with van der Waals surface area (Å²) in [5.41, 5.74) is 0.764. The number of esters is 1. The summed E-state index contributed by atoms with van der Waals surface area (Å²) < 4.78 is 30.4. The molecule has 27 heavy (non-hydrogen) atoms. The number of benzene rings is 1. The third-order valence-electron chi connectivity index (χ3n) is 4.58. The van der Waals surface area contributed by atoms with Crippen molar-refractivity contribution in [2.75, 3.05) is 23.7 Å². The van der Waals surface area contributed by atoms with Crippen LogP contribution in [0.3, 0.4) is 0 Å². The van der Waals surface area contributed by atoms with Crippen LogP contribution in [0.25, 0.3) is 0 Å². The maximum Gasteiger partial charge on any atom is 0.338 e. The normalized spacial score (nSPS) is 15.2. The first-order chi connectivity index (χ1) is 12.8. The van der Waals surface area contributed by atoms with E-state index < -0.39 is 16.0 Å². The quantitative estimate of drug-likeness (QED) is 0.682. The van der Waals surface area contributed by atoms with E-state index in [1.165, 1.54) is 22.9 Å². The molecule has 1 fully saturated rings. The number of nitrogens with one attached hydrogen (secondary N) is 1. The fourth-order valence-corrected chi connectivity index (χ4v) is 4.14. The minimum absolute atomic E-state index is 0.0517. The lowest BCUT2D eigenvalue weighted by molar-refractivity contribution is -0.121. The number of anilines is 1. The number of carbonyl (C=O) groups excluding carboxylic acids is 2. The summed E-state index contributed by atoms with van der Waals surface area (Å²) in [6.07, 6.45) is 6.60. The standard InChI is InChI=1S/C19H28N2O5S/c1-3-26-19(23)15-9-11-17(12-10-15)21(27(2,24)25)14-13-18(22)20-16-7-5-4-6-8-16/h9-12,16H,3-8,13-14H2,1-2H3,(H,20,22). The molecule has 0 aromatic heterocycles. The summed E-state index contributed by atoms with van der Waals surface area (Å²) in [7, 11) is -3.55. The van der Waals surface area contributed by atoms with E-state index in [-0.39, 0.29) is 31.5 Å². The second-order valence-corrected chi connectivity index (χ2v) is 8.66. The van der Waals surface area contributed by atoms with Gasteiger partial charge in [-0.3, -0.25) is 9.10 Å². The molecular weight excluding hydrogens is 368 g/mol. The van der Waals surface area contributed by atoms with E-state index in [2.05, 4.69) is 5.32 Å². The van der Waals surface area contributed by atoms with E-state index in [4.69, 9.17) is 4.74 Å².